The molecule has 0 aromatic heterocycles. The van der Waals surface area contributed by atoms with Crippen molar-refractivity contribution in [2.24, 2.45) is 0 Å². The molecular formula is C19H22NNaO3S2. The summed E-state index contributed by atoms with van der Waals surface area (Å²) < 4.78 is 32.9. The van der Waals surface area contributed by atoms with Gasteiger partial charge in [-0.15, -0.1) is 0 Å². The number of fused-ring (bicyclic) bond motifs is 2. The van der Waals surface area contributed by atoms with E-state index in [1.165, 1.54) is 20.9 Å². The molecule has 0 fully saturated rings. The Morgan fingerprint density at radius 3 is 2.27 bits per heavy atom. The van der Waals surface area contributed by atoms with Gasteiger partial charge in [0, 0.05) is 22.1 Å². The first-order chi connectivity index (χ1) is 11.9. The van der Waals surface area contributed by atoms with Crippen LogP contribution < -0.4 is 34.5 Å². The van der Waals surface area contributed by atoms with Crippen molar-refractivity contribution in [3.8, 4) is 0 Å². The van der Waals surface area contributed by atoms with Crippen molar-refractivity contribution in [2.45, 2.75) is 42.9 Å². The van der Waals surface area contributed by atoms with Gasteiger partial charge in [-0.25, -0.2) is 8.42 Å². The molecule has 1 aliphatic heterocycles. The van der Waals surface area contributed by atoms with E-state index >= 15 is 0 Å². The third-order valence-corrected chi connectivity index (χ3v) is 6.34. The second kappa shape index (κ2) is 9.13. The zero-order valence-electron chi connectivity index (χ0n) is 15.5. The Hall–Kier alpha value is -0.500. The van der Waals surface area contributed by atoms with Crippen LogP contribution in [0.25, 0.3) is 0 Å². The van der Waals surface area contributed by atoms with Gasteiger partial charge in [0.05, 0.1) is 21.5 Å². The predicted octanol–water partition coefficient (Wildman–Crippen LogP) is 1.35. The number of benzene rings is 2. The van der Waals surface area contributed by atoms with Gasteiger partial charge in [-0.1, -0.05) is 37.7 Å². The summed E-state index contributed by atoms with van der Waals surface area (Å²) in [6, 6.07) is 12.9. The quantitative estimate of drug-likeness (QED) is 0.542. The van der Waals surface area contributed by atoms with Crippen LogP contribution >= 0.6 is 11.8 Å². The fourth-order valence-corrected chi connectivity index (χ4v) is 4.67. The number of aryl methyl sites for hydroxylation is 2. The predicted molar refractivity (Wildman–Crippen MR) is 102 cm³/mol. The number of hydrogen-bond acceptors (Lipinski definition) is 5. The second-order valence-corrected chi connectivity index (χ2v) is 8.79. The molecule has 2 aromatic rings. The number of hydrogen-bond donors (Lipinski definition) is 0. The van der Waals surface area contributed by atoms with Gasteiger partial charge in [0.1, 0.15) is 0 Å². The Bertz CT molecular complexity index is 884. The number of nitrogens with zero attached hydrogens (tertiary/aromatic N) is 1. The zero-order chi connectivity index (χ0) is 18.0. The summed E-state index contributed by atoms with van der Waals surface area (Å²) in [7, 11) is -4.19. The SMILES string of the molecule is CCc1ccc2c(c1)Sc1ccc(CC)cc1N2CCCS(=O)(=O)[O-].[Na+]. The van der Waals surface area contributed by atoms with E-state index in [0.717, 1.165) is 24.2 Å². The second-order valence-electron chi connectivity index (χ2n) is 6.18. The van der Waals surface area contributed by atoms with Crippen LogP contribution in [0.4, 0.5) is 11.4 Å². The molecule has 0 N–H and O–H groups in total. The largest absolute Gasteiger partial charge is 1.00 e. The molecule has 134 valence electrons. The van der Waals surface area contributed by atoms with Crippen LogP contribution in [-0.2, 0) is 23.0 Å². The maximum atomic E-state index is 11.0. The molecule has 7 heteroatoms. The third-order valence-electron chi connectivity index (χ3n) is 4.44. The molecule has 0 saturated carbocycles. The van der Waals surface area contributed by atoms with Crippen molar-refractivity contribution >= 4 is 33.3 Å². The molecule has 26 heavy (non-hydrogen) atoms. The molecule has 0 atom stereocenters. The maximum absolute atomic E-state index is 11.0. The first-order valence-corrected chi connectivity index (χ1v) is 11.0. The van der Waals surface area contributed by atoms with Crippen LogP contribution in [0, 0.1) is 0 Å². The van der Waals surface area contributed by atoms with Gasteiger partial charge >= 0.3 is 29.6 Å². The molecule has 1 aliphatic rings. The Balaban J connectivity index is 0.00000243. The van der Waals surface area contributed by atoms with Gasteiger partial charge in [0.25, 0.3) is 0 Å². The fourth-order valence-electron chi connectivity index (χ4n) is 3.05. The maximum Gasteiger partial charge on any atom is 1.00 e. The van der Waals surface area contributed by atoms with E-state index in [0.29, 0.717) is 13.0 Å². The monoisotopic (exact) mass is 399 g/mol. The van der Waals surface area contributed by atoms with Crippen LogP contribution in [0.1, 0.15) is 31.4 Å². The van der Waals surface area contributed by atoms with Crippen molar-refractivity contribution < 1.29 is 42.5 Å². The minimum Gasteiger partial charge on any atom is -0.748 e. The summed E-state index contributed by atoms with van der Waals surface area (Å²) in [5.74, 6) is -0.332. The summed E-state index contributed by atoms with van der Waals surface area (Å²) >= 11 is 1.75. The topological polar surface area (TPSA) is 60.4 Å². The molecule has 0 unspecified atom stereocenters. The molecular weight excluding hydrogens is 377 g/mol. The van der Waals surface area contributed by atoms with Gasteiger partial charge in [-0.05, 0) is 54.7 Å². The van der Waals surface area contributed by atoms with Gasteiger partial charge in [-0.2, -0.15) is 0 Å². The van der Waals surface area contributed by atoms with Crippen molar-refractivity contribution in [3.05, 3.63) is 47.5 Å². The first kappa shape index (κ1) is 21.8. The summed E-state index contributed by atoms with van der Waals surface area (Å²) in [5, 5.41) is 0. The molecule has 0 amide bonds. The summed E-state index contributed by atoms with van der Waals surface area (Å²) in [6.45, 7) is 4.77. The molecule has 2 aromatic carbocycles. The molecule has 1 heterocycles. The zero-order valence-corrected chi connectivity index (χ0v) is 19.1. The van der Waals surface area contributed by atoms with Gasteiger partial charge in [-0.3, -0.25) is 0 Å². The molecule has 0 saturated heterocycles. The van der Waals surface area contributed by atoms with Crippen molar-refractivity contribution in [1.82, 2.24) is 0 Å². The number of anilines is 2. The third kappa shape index (κ3) is 5.06. The smallest absolute Gasteiger partial charge is 0.748 e. The average Bonchev–Trinajstić information content (AvgIpc) is 2.59. The van der Waals surface area contributed by atoms with Crippen LogP contribution in [0.2, 0.25) is 0 Å². The Morgan fingerprint density at radius 1 is 0.962 bits per heavy atom. The number of rotatable bonds is 6. The van der Waals surface area contributed by atoms with E-state index in [1.807, 2.05) is 0 Å². The Labute approximate surface area is 182 Å². The van der Waals surface area contributed by atoms with Crippen molar-refractivity contribution in [1.29, 1.82) is 0 Å². The van der Waals surface area contributed by atoms with E-state index in [4.69, 9.17) is 0 Å². The molecule has 4 nitrogen and oxygen atoms in total. The van der Waals surface area contributed by atoms with Crippen LogP contribution in [0.3, 0.4) is 0 Å². The van der Waals surface area contributed by atoms with Gasteiger partial charge < -0.3 is 9.45 Å². The van der Waals surface area contributed by atoms with E-state index in [9.17, 15) is 13.0 Å². The summed E-state index contributed by atoms with van der Waals surface area (Å²) in [4.78, 5) is 4.51. The molecule has 0 aliphatic carbocycles. The van der Waals surface area contributed by atoms with E-state index in [2.05, 4.69) is 55.1 Å². The minimum absolute atomic E-state index is 0. The van der Waals surface area contributed by atoms with E-state index < -0.39 is 10.1 Å². The van der Waals surface area contributed by atoms with E-state index in [1.54, 1.807) is 11.8 Å². The minimum atomic E-state index is -4.19. The van der Waals surface area contributed by atoms with E-state index in [-0.39, 0.29) is 35.3 Å². The van der Waals surface area contributed by atoms with Crippen molar-refractivity contribution in [3.63, 3.8) is 0 Å². The van der Waals surface area contributed by atoms with Crippen LogP contribution in [0.5, 0.6) is 0 Å². The van der Waals surface area contributed by atoms with Gasteiger partial charge in [0.15, 0.2) is 0 Å². The first-order valence-electron chi connectivity index (χ1n) is 8.56. The average molecular weight is 400 g/mol. The standard InChI is InChI=1S/C19H23NO3S2.Na/c1-3-14-7-9-18-17(12-14)20(10-5-11-25(21,22)23)16-8-6-15(4-2)13-19(16)24-18;/h6-9,12-13H,3-5,10-11H2,1-2H3,(H,21,22,23);/q;+1/p-1. The Kier molecular flexibility index (Phi) is 7.65. The molecule has 0 radical (unpaired) electrons. The fraction of sp³-hybridized carbons (Fsp3) is 0.368. The van der Waals surface area contributed by atoms with Crippen LogP contribution in [-0.4, -0.2) is 25.3 Å². The summed E-state index contributed by atoms with van der Waals surface area (Å²) in [6.07, 6.45) is 2.24. The summed E-state index contributed by atoms with van der Waals surface area (Å²) in [5.41, 5.74) is 4.71. The normalized spacial score (nSPS) is 13.0. The Morgan fingerprint density at radius 2 is 1.62 bits per heavy atom. The molecule has 3 rings (SSSR count). The molecule has 0 bridgehead atoms. The van der Waals surface area contributed by atoms with Crippen LogP contribution in [0.15, 0.2) is 46.2 Å². The van der Waals surface area contributed by atoms with Gasteiger partial charge in [0.2, 0.25) is 0 Å². The molecule has 0 spiro atoms. The van der Waals surface area contributed by atoms with Crippen molar-refractivity contribution in [2.75, 3.05) is 17.2 Å².